The molecule has 6 bridgehead atoms. The molecule has 2 atom stereocenters. The fourth-order valence-electron chi connectivity index (χ4n) is 7.27. The van der Waals surface area contributed by atoms with Crippen molar-refractivity contribution in [2.75, 3.05) is 48.5 Å². The van der Waals surface area contributed by atoms with Crippen LogP contribution in [0.3, 0.4) is 0 Å². The Labute approximate surface area is 316 Å². The topological polar surface area (TPSA) is 238 Å². The summed E-state index contributed by atoms with van der Waals surface area (Å²) in [7, 11) is 9.80. The Balaban J connectivity index is 0.00000372. The second kappa shape index (κ2) is 18.6. The van der Waals surface area contributed by atoms with Crippen LogP contribution in [0.4, 0.5) is 0 Å². The summed E-state index contributed by atoms with van der Waals surface area (Å²) in [5.74, 6) is 3.14. The van der Waals surface area contributed by atoms with E-state index >= 15 is 0 Å². The van der Waals surface area contributed by atoms with Crippen LogP contribution in [0.5, 0.6) is 46.0 Å². The Hall–Kier alpha value is -4.02. The van der Waals surface area contributed by atoms with Crippen molar-refractivity contribution in [2.24, 2.45) is 0 Å². The molecule has 12 N–H and O–H groups in total. The van der Waals surface area contributed by atoms with Crippen LogP contribution in [-0.2, 0) is 25.7 Å². The van der Waals surface area contributed by atoms with E-state index in [4.69, 9.17) is 18.9 Å². The van der Waals surface area contributed by atoms with Crippen LogP contribution in [0, 0.1) is 0 Å². The van der Waals surface area contributed by atoms with E-state index in [1.807, 2.05) is 30.3 Å². The van der Waals surface area contributed by atoms with E-state index in [0.717, 1.165) is 49.0 Å². The van der Waals surface area contributed by atoms with Crippen molar-refractivity contribution in [3.05, 3.63) is 94.0 Å². The van der Waals surface area contributed by atoms with Crippen molar-refractivity contribution < 1.29 is 73.4 Å². The van der Waals surface area contributed by atoms with E-state index in [-0.39, 0.29) is 75.8 Å². The van der Waals surface area contributed by atoms with Gasteiger partial charge in [-0.1, -0.05) is 18.2 Å². The number of hydrogen-bond acceptors (Lipinski definition) is 7. The van der Waals surface area contributed by atoms with Crippen LogP contribution in [0.1, 0.15) is 45.5 Å². The Morgan fingerprint density at radius 2 is 1.38 bits per heavy atom. The van der Waals surface area contributed by atoms with Crippen molar-refractivity contribution in [3.63, 3.8) is 0 Å². The fourth-order valence-corrected chi connectivity index (χ4v) is 7.27. The molecule has 15 heteroatoms. The maximum absolute atomic E-state index is 11.5. The van der Waals surface area contributed by atoms with Gasteiger partial charge in [0.2, 0.25) is 5.75 Å². The second-order valence-electron chi connectivity index (χ2n) is 13.1. The van der Waals surface area contributed by atoms with Gasteiger partial charge in [0, 0.05) is 25.4 Å². The summed E-state index contributed by atoms with van der Waals surface area (Å²) in [5.41, 5.74) is 6.66. The molecular weight excluding hydrogens is 719 g/mol. The smallest absolute Gasteiger partial charge is 0.201 e. The molecule has 8 rings (SSSR count). The third-order valence-electron chi connectivity index (χ3n) is 9.99. The van der Waals surface area contributed by atoms with Crippen molar-refractivity contribution in [2.45, 2.75) is 37.8 Å². The molecule has 0 saturated heterocycles. The summed E-state index contributed by atoms with van der Waals surface area (Å²) >= 11 is 0. The maximum Gasteiger partial charge on any atom is 0.201 e. The van der Waals surface area contributed by atoms with E-state index in [2.05, 4.69) is 50.3 Å². The lowest BCUT2D eigenvalue weighted by Gasteiger charge is -2.43. The highest BCUT2D eigenvalue weighted by atomic mass is 35.5. The molecule has 0 spiro atoms. The van der Waals surface area contributed by atoms with Gasteiger partial charge in [0.05, 0.1) is 40.4 Å². The number of fused-ring (bicyclic) bond motifs is 2. The number of likely N-dealkylation sites (N-methyl/N-ethyl adjacent to an activating group) is 2. The molecule has 13 nitrogen and oxygen atoms in total. The zero-order valence-corrected chi connectivity index (χ0v) is 31.5. The quantitative estimate of drug-likeness (QED) is 0.264. The van der Waals surface area contributed by atoms with Gasteiger partial charge in [-0.2, -0.15) is 0 Å². The van der Waals surface area contributed by atoms with Gasteiger partial charge in [-0.25, -0.2) is 0 Å². The van der Waals surface area contributed by atoms with E-state index in [1.165, 1.54) is 16.7 Å². The number of methoxy groups -OCH3 is 2. The Kier molecular flexibility index (Phi) is 17.2. The SMILES string of the molecule is COc1cc2c3cc1Oc1cc(ccc1O)CC1c4c(cc(OC)c(O)c4Oc4ccc(cc4)CC3N(C)CC2)CC[N+]1(C)C.Cl.O.O.O.O.O.[Cl-]. The monoisotopic (exact) mass is 770 g/mol. The summed E-state index contributed by atoms with van der Waals surface area (Å²) in [6.45, 7) is 1.84. The average molecular weight is 772 g/mol. The first-order chi connectivity index (χ1) is 21.6. The molecule has 290 valence electrons. The molecule has 4 heterocycles. The Morgan fingerprint density at radius 1 is 0.750 bits per heavy atom. The fraction of sp³-hybridized carbons (Fsp3) is 0.351. The van der Waals surface area contributed by atoms with Gasteiger partial charge in [-0.05, 0) is 90.2 Å². The maximum atomic E-state index is 11.5. The van der Waals surface area contributed by atoms with Crippen LogP contribution in [-0.4, -0.2) is 95.4 Å². The van der Waals surface area contributed by atoms with Crippen molar-refractivity contribution in [3.8, 4) is 46.0 Å². The first-order valence-corrected chi connectivity index (χ1v) is 15.6. The van der Waals surface area contributed by atoms with E-state index in [1.54, 1.807) is 20.3 Å². The number of quaternary nitrogens is 1. The molecule has 0 amide bonds. The minimum atomic E-state index is -0.0503. The lowest BCUT2D eigenvalue weighted by atomic mass is 9.86. The van der Waals surface area contributed by atoms with Crippen LogP contribution < -0.4 is 31.4 Å². The first kappa shape index (κ1) is 48.0. The molecule has 0 aliphatic carbocycles. The number of rotatable bonds is 2. The Bertz CT molecular complexity index is 1790. The molecule has 52 heavy (non-hydrogen) atoms. The number of phenolic OH excluding ortho intramolecular Hbond substituents is 2. The van der Waals surface area contributed by atoms with Gasteiger partial charge in [0.1, 0.15) is 11.8 Å². The van der Waals surface area contributed by atoms with Gasteiger partial charge >= 0.3 is 0 Å². The number of aromatic hydroxyl groups is 2. The number of halogens is 2. The molecule has 4 aliphatic heterocycles. The molecule has 2 unspecified atom stereocenters. The minimum absolute atomic E-state index is 0. The van der Waals surface area contributed by atoms with Gasteiger partial charge in [-0.3, -0.25) is 4.90 Å². The van der Waals surface area contributed by atoms with Gasteiger partial charge < -0.3 is 73.4 Å². The largest absolute Gasteiger partial charge is 1.00 e. The minimum Gasteiger partial charge on any atom is -1.00 e. The van der Waals surface area contributed by atoms with Crippen molar-refractivity contribution in [1.82, 2.24) is 4.90 Å². The number of phenols is 2. The zero-order chi connectivity index (χ0) is 31.5. The normalized spacial score (nSPS) is 17.5. The number of benzene rings is 4. The van der Waals surface area contributed by atoms with Gasteiger partial charge in [-0.15, -0.1) is 12.4 Å². The second-order valence-corrected chi connectivity index (χ2v) is 13.1. The number of ether oxygens (including phenoxy) is 4. The van der Waals surface area contributed by atoms with Crippen molar-refractivity contribution >= 4 is 12.4 Å². The molecule has 0 saturated carbocycles. The van der Waals surface area contributed by atoms with Crippen LogP contribution in [0.25, 0.3) is 0 Å². The molecule has 0 fully saturated rings. The van der Waals surface area contributed by atoms with Crippen LogP contribution >= 0.6 is 12.4 Å². The summed E-state index contributed by atoms with van der Waals surface area (Å²) in [4.78, 5) is 2.38. The summed E-state index contributed by atoms with van der Waals surface area (Å²) in [6, 6.07) is 19.9. The summed E-state index contributed by atoms with van der Waals surface area (Å²) < 4.78 is 25.2. The lowest BCUT2D eigenvalue weighted by Crippen LogP contribution is -3.00. The Morgan fingerprint density at radius 3 is 2.04 bits per heavy atom. The number of nitrogens with zero attached hydrogens (tertiary/aromatic N) is 2. The molecule has 0 radical (unpaired) electrons. The van der Waals surface area contributed by atoms with Gasteiger partial charge in [0.15, 0.2) is 34.5 Å². The standard InChI is InChI=1S/C37H40N2O6.2ClH.5H2O/c1-38-14-12-24-19-32(42-4)33-21-27(24)28(38)16-22-6-9-26(10-7-22)44-37-35-25(20-34(43-5)36(37)41)13-15-39(2,3)29(35)17-23-8-11-30(40)31(18-23)45-33;;;;;;;/h6-11,18-21,28-29H,12-17H2,1-5H3,(H-,40,41);2*1H;5*1H2. The van der Waals surface area contributed by atoms with E-state index < -0.39 is 0 Å². The summed E-state index contributed by atoms with van der Waals surface area (Å²) in [5, 5.41) is 22.4. The van der Waals surface area contributed by atoms with Crippen LogP contribution in [0.2, 0.25) is 0 Å². The third-order valence-corrected chi connectivity index (χ3v) is 9.99. The highest BCUT2D eigenvalue weighted by Gasteiger charge is 2.41. The van der Waals surface area contributed by atoms with Crippen LogP contribution in [0.15, 0.2) is 60.7 Å². The third kappa shape index (κ3) is 8.60. The summed E-state index contributed by atoms with van der Waals surface area (Å²) in [6.07, 6.45) is 3.16. The van der Waals surface area contributed by atoms with E-state index in [0.29, 0.717) is 45.4 Å². The predicted octanol–water partition coefficient (Wildman–Crippen LogP) is 0.00330. The van der Waals surface area contributed by atoms with Gasteiger partial charge in [0.25, 0.3) is 0 Å². The first-order valence-electron chi connectivity index (χ1n) is 15.6. The zero-order valence-electron chi connectivity index (χ0n) is 29.9. The molecule has 4 aliphatic rings. The lowest BCUT2D eigenvalue weighted by molar-refractivity contribution is -0.923. The molecular formula is C37H52Cl2N2O11. The highest BCUT2D eigenvalue weighted by molar-refractivity contribution is 5.85. The average Bonchev–Trinajstić information content (AvgIpc) is 3.03. The van der Waals surface area contributed by atoms with E-state index in [9.17, 15) is 10.2 Å². The molecule has 0 aromatic heterocycles. The molecule has 4 aromatic rings. The predicted molar refractivity (Wildman–Crippen MR) is 198 cm³/mol. The number of hydrogen-bond donors (Lipinski definition) is 2. The molecule has 4 aromatic carbocycles. The highest BCUT2D eigenvalue weighted by Crippen LogP contribution is 2.51. The van der Waals surface area contributed by atoms with Crippen molar-refractivity contribution in [1.29, 1.82) is 0 Å².